The number of benzene rings is 2. The molecule has 1 N–H and O–H groups in total. The highest BCUT2D eigenvalue weighted by atomic mass is 19.1. The Balaban J connectivity index is 1.52. The maximum atomic E-state index is 12.8. The fourth-order valence-electron chi connectivity index (χ4n) is 2.78. The van der Waals surface area contributed by atoms with Crippen LogP contribution in [-0.4, -0.2) is 41.2 Å². The molecular formula is C20H17FN2O5. The van der Waals surface area contributed by atoms with Crippen LogP contribution in [-0.2, 0) is 20.9 Å². The van der Waals surface area contributed by atoms with Gasteiger partial charge in [0.15, 0.2) is 6.61 Å². The number of ether oxygens (including phenoxy) is 1. The SMILES string of the molecule is C[C@@H](C(=O)OCC(=O)NCc1ccc(F)cc1)N1C(=O)c2ccccc2C1=O. The van der Waals surface area contributed by atoms with Crippen molar-refractivity contribution >= 4 is 23.7 Å². The predicted octanol–water partition coefficient (Wildman–Crippen LogP) is 1.67. The van der Waals surface area contributed by atoms with Crippen LogP contribution in [0, 0.1) is 5.82 Å². The fraction of sp³-hybridized carbons (Fsp3) is 0.200. The van der Waals surface area contributed by atoms with Crippen molar-refractivity contribution < 1.29 is 28.3 Å². The lowest BCUT2D eigenvalue weighted by Gasteiger charge is -2.20. The summed E-state index contributed by atoms with van der Waals surface area (Å²) in [5.41, 5.74) is 1.13. The number of carbonyl (C=O) groups is 4. The third-order valence-corrected chi connectivity index (χ3v) is 4.30. The topological polar surface area (TPSA) is 92.8 Å². The van der Waals surface area contributed by atoms with Crippen LogP contribution >= 0.6 is 0 Å². The summed E-state index contributed by atoms with van der Waals surface area (Å²) in [6.45, 7) is 0.943. The molecule has 0 spiro atoms. The summed E-state index contributed by atoms with van der Waals surface area (Å²) in [6.07, 6.45) is 0. The van der Waals surface area contributed by atoms with Crippen LogP contribution in [0.4, 0.5) is 4.39 Å². The average Bonchev–Trinajstić information content (AvgIpc) is 2.96. The molecule has 28 heavy (non-hydrogen) atoms. The molecule has 0 bridgehead atoms. The van der Waals surface area contributed by atoms with E-state index in [0.717, 1.165) is 4.90 Å². The van der Waals surface area contributed by atoms with E-state index >= 15 is 0 Å². The number of esters is 1. The van der Waals surface area contributed by atoms with Gasteiger partial charge in [0.1, 0.15) is 11.9 Å². The average molecular weight is 384 g/mol. The lowest BCUT2D eigenvalue weighted by Crippen LogP contribution is -2.44. The zero-order chi connectivity index (χ0) is 20.3. The van der Waals surface area contributed by atoms with Gasteiger partial charge >= 0.3 is 5.97 Å². The van der Waals surface area contributed by atoms with Crippen molar-refractivity contribution in [1.82, 2.24) is 10.2 Å². The van der Waals surface area contributed by atoms with E-state index in [9.17, 15) is 23.6 Å². The molecule has 0 fully saturated rings. The lowest BCUT2D eigenvalue weighted by molar-refractivity contribution is -0.151. The van der Waals surface area contributed by atoms with Crippen molar-refractivity contribution in [2.75, 3.05) is 6.61 Å². The van der Waals surface area contributed by atoms with Crippen molar-refractivity contribution in [1.29, 1.82) is 0 Å². The third kappa shape index (κ3) is 3.90. The normalized spacial score (nSPS) is 13.9. The molecule has 0 unspecified atom stereocenters. The summed E-state index contributed by atoms with van der Waals surface area (Å²) < 4.78 is 17.8. The van der Waals surface area contributed by atoms with Crippen LogP contribution in [0.5, 0.6) is 0 Å². The molecule has 0 saturated heterocycles. The van der Waals surface area contributed by atoms with Crippen LogP contribution in [0.1, 0.15) is 33.2 Å². The molecule has 2 aromatic carbocycles. The van der Waals surface area contributed by atoms with E-state index in [1.165, 1.54) is 43.3 Å². The Bertz CT molecular complexity index is 907. The number of amides is 3. The first-order chi connectivity index (χ1) is 13.4. The maximum absolute atomic E-state index is 12.8. The van der Waals surface area contributed by atoms with Crippen molar-refractivity contribution in [3.63, 3.8) is 0 Å². The van der Waals surface area contributed by atoms with E-state index in [0.29, 0.717) is 5.56 Å². The Kier molecular flexibility index (Phi) is 5.49. The third-order valence-electron chi connectivity index (χ3n) is 4.30. The lowest BCUT2D eigenvalue weighted by atomic mass is 10.1. The summed E-state index contributed by atoms with van der Waals surface area (Å²) in [7, 11) is 0. The van der Waals surface area contributed by atoms with Gasteiger partial charge in [-0.3, -0.25) is 19.3 Å². The minimum atomic E-state index is -1.17. The molecule has 1 aliphatic rings. The van der Waals surface area contributed by atoms with Gasteiger partial charge in [0, 0.05) is 6.54 Å². The number of hydrogen-bond donors (Lipinski definition) is 1. The molecule has 3 rings (SSSR count). The molecular weight excluding hydrogens is 367 g/mol. The van der Waals surface area contributed by atoms with E-state index in [1.807, 2.05) is 0 Å². The van der Waals surface area contributed by atoms with Crippen LogP contribution in [0.3, 0.4) is 0 Å². The van der Waals surface area contributed by atoms with Crippen molar-refractivity contribution in [2.24, 2.45) is 0 Å². The summed E-state index contributed by atoms with van der Waals surface area (Å²) in [5.74, 6) is -2.97. The van der Waals surface area contributed by atoms with Crippen LogP contribution in [0.15, 0.2) is 48.5 Å². The Hall–Kier alpha value is -3.55. The Morgan fingerprint density at radius 2 is 1.61 bits per heavy atom. The Labute approximate surface area is 160 Å². The highest BCUT2D eigenvalue weighted by Gasteiger charge is 2.41. The standard InChI is InChI=1S/C20H17FN2O5/c1-12(23-18(25)15-4-2-3-5-16(15)19(23)26)20(27)28-11-17(24)22-10-13-6-8-14(21)9-7-13/h2-9,12H,10-11H2,1H3,(H,22,24)/t12-/m0/s1. The van der Waals surface area contributed by atoms with Crippen LogP contribution in [0.2, 0.25) is 0 Å². The quantitative estimate of drug-likeness (QED) is 0.604. The minimum Gasteiger partial charge on any atom is -0.454 e. The first-order valence-electron chi connectivity index (χ1n) is 8.53. The molecule has 1 heterocycles. The van der Waals surface area contributed by atoms with Gasteiger partial charge in [-0.25, -0.2) is 9.18 Å². The minimum absolute atomic E-state index is 0.143. The Morgan fingerprint density at radius 1 is 1.04 bits per heavy atom. The van der Waals surface area contributed by atoms with Crippen molar-refractivity contribution in [3.8, 4) is 0 Å². The molecule has 0 aliphatic carbocycles. The molecule has 0 radical (unpaired) electrons. The molecule has 0 aromatic heterocycles. The van der Waals surface area contributed by atoms with E-state index < -0.39 is 36.3 Å². The molecule has 2 aromatic rings. The first-order valence-corrected chi connectivity index (χ1v) is 8.53. The van der Waals surface area contributed by atoms with Gasteiger partial charge in [-0.05, 0) is 36.8 Å². The van der Waals surface area contributed by atoms with Gasteiger partial charge in [-0.1, -0.05) is 24.3 Å². The van der Waals surface area contributed by atoms with Gasteiger partial charge in [0.25, 0.3) is 17.7 Å². The zero-order valence-electron chi connectivity index (χ0n) is 15.0. The fourth-order valence-corrected chi connectivity index (χ4v) is 2.78. The second-order valence-corrected chi connectivity index (χ2v) is 6.21. The second kappa shape index (κ2) is 7.99. The van der Waals surface area contributed by atoms with E-state index in [-0.39, 0.29) is 23.5 Å². The number of nitrogens with zero attached hydrogens (tertiary/aromatic N) is 1. The molecule has 3 amide bonds. The molecule has 1 aliphatic heterocycles. The number of rotatable bonds is 6. The van der Waals surface area contributed by atoms with E-state index in [2.05, 4.69) is 5.32 Å². The smallest absolute Gasteiger partial charge is 0.329 e. The predicted molar refractivity (Wildman–Crippen MR) is 95.6 cm³/mol. The summed E-state index contributed by atoms with van der Waals surface area (Å²) in [5, 5.41) is 2.53. The van der Waals surface area contributed by atoms with Crippen LogP contribution in [0.25, 0.3) is 0 Å². The number of carbonyl (C=O) groups excluding carboxylic acids is 4. The van der Waals surface area contributed by atoms with E-state index in [1.54, 1.807) is 12.1 Å². The van der Waals surface area contributed by atoms with Gasteiger partial charge in [-0.2, -0.15) is 0 Å². The number of fused-ring (bicyclic) bond motifs is 1. The van der Waals surface area contributed by atoms with Gasteiger partial charge in [0.2, 0.25) is 0 Å². The highest BCUT2D eigenvalue weighted by molar-refractivity contribution is 6.22. The molecule has 1 atom stereocenters. The van der Waals surface area contributed by atoms with Crippen molar-refractivity contribution in [2.45, 2.75) is 19.5 Å². The molecule has 0 saturated carbocycles. The van der Waals surface area contributed by atoms with Crippen molar-refractivity contribution in [3.05, 3.63) is 71.0 Å². The first kappa shape index (κ1) is 19.2. The van der Waals surface area contributed by atoms with E-state index in [4.69, 9.17) is 4.74 Å². The summed E-state index contributed by atoms with van der Waals surface area (Å²) >= 11 is 0. The summed E-state index contributed by atoms with van der Waals surface area (Å²) in [4.78, 5) is 49.6. The highest BCUT2D eigenvalue weighted by Crippen LogP contribution is 2.24. The largest absolute Gasteiger partial charge is 0.454 e. The number of halogens is 1. The maximum Gasteiger partial charge on any atom is 0.329 e. The summed E-state index contributed by atoms with van der Waals surface area (Å²) in [6, 6.07) is 10.7. The molecule has 8 heteroatoms. The van der Waals surface area contributed by atoms with Gasteiger partial charge in [0.05, 0.1) is 11.1 Å². The number of nitrogens with one attached hydrogen (secondary N) is 1. The zero-order valence-corrected chi connectivity index (χ0v) is 15.0. The Morgan fingerprint density at radius 3 is 2.18 bits per heavy atom. The second-order valence-electron chi connectivity index (χ2n) is 6.21. The number of imide groups is 1. The molecule has 7 nitrogen and oxygen atoms in total. The molecule has 144 valence electrons. The van der Waals surface area contributed by atoms with Crippen LogP contribution < -0.4 is 5.32 Å². The van der Waals surface area contributed by atoms with Gasteiger partial charge in [-0.15, -0.1) is 0 Å². The van der Waals surface area contributed by atoms with Gasteiger partial charge < -0.3 is 10.1 Å². The number of hydrogen-bond acceptors (Lipinski definition) is 5. The monoisotopic (exact) mass is 384 g/mol.